The molecular weight excluding hydrogens is 367 g/mol. The first-order valence-electron chi connectivity index (χ1n) is 9.28. The molecule has 1 aliphatic heterocycles. The molecule has 0 saturated carbocycles. The van der Waals surface area contributed by atoms with E-state index < -0.39 is 11.7 Å². The van der Waals surface area contributed by atoms with Gasteiger partial charge in [0.2, 0.25) is 5.91 Å². The second-order valence-corrected chi connectivity index (χ2v) is 7.11. The molecule has 150 valence electrons. The number of piperazine rings is 1. The van der Waals surface area contributed by atoms with Crippen LogP contribution < -0.4 is 10.2 Å². The van der Waals surface area contributed by atoms with E-state index in [-0.39, 0.29) is 11.9 Å². The molecule has 2 aromatic rings. The number of nitrogens with zero attached hydrogens (tertiary/aromatic N) is 2. The molecule has 0 aliphatic carbocycles. The summed E-state index contributed by atoms with van der Waals surface area (Å²) in [6, 6.07) is 12.7. The summed E-state index contributed by atoms with van der Waals surface area (Å²) < 4.78 is 38.8. The van der Waals surface area contributed by atoms with Gasteiger partial charge in [0.1, 0.15) is 0 Å². The van der Waals surface area contributed by atoms with E-state index in [2.05, 4.69) is 10.2 Å². The molecule has 1 amide bonds. The van der Waals surface area contributed by atoms with Crippen LogP contribution in [0.3, 0.4) is 0 Å². The zero-order valence-electron chi connectivity index (χ0n) is 16.0. The van der Waals surface area contributed by atoms with Crippen LogP contribution in [-0.2, 0) is 11.0 Å². The summed E-state index contributed by atoms with van der Waals surface area (Å²) >= 11 is 0. The molecule has 3 rings (SSSR count). The smallest absolute Gasteiger partial charge is 0.369 e. The van der Waals surface area contributed by atoms with Crippen LogP contribution in [0, 0.1) is 6.92 Å². The standard InChI is InChI=1S/C21H24F3N3O/c1-15-5-3-7-18(13-15)25-20(28)16(2)26-9-11-27(12-10-26)19-8-4-6-17(14-19)21(22,23)24/h3-8,13-14,16H,9-12H2,1-2H3,(H,25,28)/t16-/m1/s1. The summed E-state index contributed by atoms with van der Waals surface area (Å²) in [6.07, 6.45) is -4.35. The lowest BCUT2D eigenvalue weighted by atomic mass is 10.1. The van der Waals surface area contributed by atoms with Gasteiger partial charge in [0, 0.05) is 37.6 Å². The Labute approximate surface area is 162 Å². The molecule has 1 aliphatic rings. The van der Waals surface area contributed by atoms with E-state index in [1.807, 2.05) is 43.0 Å². The molecule has 0 radical (unpaired) electrons. The fourth-order valence-corrected chi connectivity index (χ4v) is 3.38. The zero-order chi connectivity index (χ0) is 20.3. The van der Waals surface area contributed by atoms with Crippen molar-refractivity contribution in [3.8, 4) is 0 Å². The van der Waals surface area contributed by atoms with Gasteiger partial charge in [-0.3, -0.25) is 9.69 Å². The van der Waals surface area contributed by atoms with E-state index in [1.165, 1.54) is 12.1 Å². The summed E-state index contributed by atoms with van der Waals surface area (Å²) in [5.41, 5.74) is 1.75. The van der Waals surface area contributed by atoms with Gasteiger partial charge in [-0.2, -0.15) is 13.2 Å². The van der Waals surface area contributed by atoms with E-state index in [0.29, 0.717) is 31.9 Å². The highest BCUT2D eigenvalue weighted by Crippen LogP contribution is 2.32. The molecule has 28 heavy (non-hydrogen) atoms. The Morgan fingerprint density at radius 2 is 1.71 bits per heavy atom. The van der Waals surface area contributed by atoms with Gasteiger partial charge in [-0.1, -0.05) is 18.2 Å². The molecule has 2 aromatic carbocycles. The molecule has 1 fully saturated rings. The van der Waals surface area contributed by atoms with Crippen LogP contribution in [0.1, 0.15) is 18.1 Å². The number of rotatable bonds is 4. The van der Waals surface area contributed by atoms with Crippen LogP contribution in [0.2, 0.25) is 0 Å². The van der Waals surface area contributed by atoms with E-state index in [9.17, 15) is 18.0 Å². The normalized spacial score (nSPS) is 16.7. The van der Waals surface area contributed by atoms with Crippen molar-refractivity contribution in [2.45, 2.75) is 26.1 Å². The second kappa shape index (κ2) is 8.22. The topological polar surface area (TPSA) is 35.6 Å². The number of hydrogen-bond acceptors (Lipinski definition) is 3. The fraction of sp³-hybridized carbons (Fsp3) is 0.381. The van der Waals surface area contributed by atoms with E-state index in [0.717, 1.165) is 17.3 Å². The van der Waals surface area contributed by atoms with Gasteiger partial charge in [0.15, 0.2) is 0 Å². The lowest BCUT2D eigenvalue weighted by Crippen LogP contribution is -2.52. The molecule has 1 atom stereocenters. The predicted molar refractivity (Wildman–Crippen MR) is 105 cm³/mol. The van der Waals surface area contributed by atoms with Crippen molar-refractivity contribution in [2.24, 2.45) is 0 Å². The number of anilines is 2. The van der Waals surface area contributed by atoms with Crippen molar-refractivity contribution < 1.29 is 18.0 Å². The van der Waals surface area contributed by atoms with Crippen LogP contribution >= 0.6 is 0 Å². The Morgan fingerprint density at radius 3 is 2.36 bits per heavy atom. The van der Waals surface area contributed by atoms with Crippen LogP contribution in [0.4, 0.5) is 24.5 Å². The van der Waals surface area contributed by atoms with Crippen LogP contribution in [0.15, 0.2) is 48.5 Å². The maximum absolute atomic E-state index is 12.9. The van der Waals surface area contributed by atoms with E-state index in [1.54, 1.807) is 6.07 Å². The molecule has 4 nitrogen and oxygen atoms in total. The average molecular weight is 391 g/mol. The lowest BCUT2D eigenvalue weighted by Gasteiger charge is -2.38. The van der Waals surface area contributed by atoms with Crippen molar-refractivity contribution in [2.75, 3.05) is 36.4 Å². The number of amides is 1. The highest BCUT2D eigenvalue weighted by Gasteiger charge is 2.31. The Morgan fingerprint density at radius 1 is 1.04 bits per heavy atom. The van der Waals surface area contributed by atoms with Gasteiger partial charge in [-0.15, -0.1) is 0 Å². The molecule has 0 aromatic heterocycles. The highest BCUT2D eigenvalue weighted by atomic mass is 19.4. The molecule has 1 heterocycles. The van der Waals surface area contributed by atoms with Crippen molar-refractivity contribution in [1.82, 2.24) is 4.90 Å². The van der Waals surface area contributed by atoms with Crippen molar-refractivity contribution in [3.63, 3.8) is 0 Å². The summed E-state index contributed by atoms with van der Waals surface area (Å²) in [4.78, 5) is 16.5. The monoisotopic (exact) mass is 391 g/mol. The first-order chi connectivity index (χ1) is 13.2. The number of halogens is 3. The minimum absolute atomic E-state index is 0.0851. The summed E-state index contributed by atoms with van der Waals surface area (Å²) in [5.74, 6) is -0.0851. The number of carbonyl (C=O) groups excluding carboxylic acids is 1. The van der Waals surface area contributed by atoms with Crippen LogP contribution in [-0.4, -0.2) is 43.0 Å². The number of hydrogen-bond donors (Lipinski definition) is 1. The maximum atomic E-state index is 12.9. The van der Waals surface area contributed by atoms with Crippen LogP contribution in [0.5, 0.6) is 0 Å². The zero-order valence-corrected chi connectivity index (χ0v) is 16.0. The maximum Gasteiger partial charge on any atom is 0.416 e. The number of nitrogens with one attached hydrogen (secondary N) is 1. The average Bonchev–Trinajstić information content (AvgIpc) is 2.67. The SMILES string of the molecule is Cc1cccc(NC(=O)[C@@H](C)N2CCN(c3cccc(C(F)(F)F)c3)CC2)c1. The number of alkyl halides is 3. The minimum atomic E-state index is -4.35. The van der Waals surface area contributed by atoms with Gasteiger partial charge in [-0.05, 0) is 49.7 Å². The highest BCUT2D eigenvalue weighted by molar-refractivity contribution is 5.94. The van der Waals surface area contributed by atoms with Crippen molar-refractivity contribution in [3.05, 3.63) is 59.7 Å². The molecule has 0 unspecified atom stereocenters. The minimum Gasteiger partial charge on any atom is -0.369 e. The predicted octanol–water partition coefficient (Wildman–Crippen LogP) is 4.16. The third-order valence-corrected chi connectivity index (χ3v) is 5.07. The molecule has 0 spiro atoms. The molecule has 0 bridgehead atoms. The second-order valence-electron chi connectivity index (χ2n) is 7.11. The fourth-order valence-electron chi connectivity index (χ4n) is 3.38. The van der Waals surface area contributed by atoms with Crippen molar-refractivity contribution in [1.29, 1.82) is 0 Å². The summed E-state index contributed by atoms with van der Waals surface area (Å²) in [7, 11) is 0. The Hall–Kier alpha value is -2.54. The molecular formula is C21H24F3N3O. The molecule has 1 saturated heterocycles. The Bertz CT molecular complexity index is 830. The largest absolute Gasteiger partial charge is 0.416 e. The third-order valence-electron chi connectivity index (χ3n) is 5.07. The van der Waals surface area contributed by atoms with Crippen molar-refractivity contribution >= 4 is 17.3 Å². The van der Waals surface area contributed by atoms with Crippen LogP contribution in [0.25, 0.3) is 0 Å². The summed E-state index contributed by atoms with van der Waals surface area (Å²) in [6.45, 7) is 6.18. The Kier molecular flexibility index (Phi) is 5.93. The number of carbonyl (C=O) groups is 1. The van der Waals surface area contributed by atoms with Gasteiger partial charge >= 0.3 is 6.18 Å². The third kappa shape index (κ3) is 4.84. The van der Waals surface area contributed by atoms with Gasteiger partial charge in [0.05, 0.1) is 11.6 Å². The molecule has 1 N–H and O–H groups in total. The van der Waals surface area contributed by atoms with Gasteiger partial charge in [-0.25, -0.2) is 0 Å². The van der Waals surface area contributed by atoms with Gasteiger partial charge in [0.25, 0.3) is 0 Å². The molecule has 7 heteroatoms. The quantitative estimate of drug-likeness (QED) is 0.850. The van der Waals surface area contributed by atoms with E-state index in [4.69, 9.17) is 0 Å². The first-order valence-corrected chi connectivity index (χ1v) is 9.28. The number of benzene rings is 2. The lowest BCUT2D eigenvalue weighted by molar-refractivity contribution is -0.137. The summed E-state index contributed by atoms with van der Waals surface area (Å²) in [5, 5.41) is 2.93. The van der Waals surface area contributed by atoms with Gasteiger partial charge < -0.3 is 10.2 Å². The first kappa shape index (κ1) is 20.2. The van der Waals surface area contributed by atoms with E-state index >= 15 is 0 Å². The number of aryl methyl sites for hydroxylation is 1. The Balaban J connectivity index is 1.58.